The lowest BCUT2D eigenvalue weighted by Gasteiger charge is -2.15. The molecule has 0 radical (unpaired) electrons. The number of rotatable bonds is 7. The molecule has 18 heavy (non-hydrogen) atoms. The van der Waals surface area contributed by atoms with Gasteiger partial charge in [-0.15, -0.1) is 6.58 Å². The Morgan fingerprint density at radius 2 is 2.22 bits per heavy atom. The second kappa shape index (κ2) is 7.45. The molecular formula is C15H22ClNO. The molecule has 0 fully saturated rings. The highest BCUT2D eigenvalue weighted by atomic mass is 35.5. The van der Waals surface area contributed by atoms with Crippen LogP contribution >= 0.6 is 11.6 Å². The summed E-state index contributed by atoms with van der Waals surface area (Å²) in [5.74, 6) is 0.840. The van der Waals surface area contributed by atoms with Gasteiger partial charge in [0, 0.05) is 23.0 Å². The van der Waals surface area contributed by atoms with E-state index in [1.165, 1.54) is 0 Å². The molecule has 1 unspecified atom stereocenters. The van der Waals surface area contributed by atoms with E-state index in [4.69, 9.17) is 22.1 Å². The lowest BCUT2D eigenvalue weighted by atomic mass is 10.0. The molecule has 2 N–H and O–H groups in total. The van der Waals surface area contributed by atoms with Gasteiger partial charge < -0.3 is 10.5 Å². The molecule has 1 rings (SSSR count). The molecule has 1 atom stereocenters. The van der Waals surface area contributed by atoms with E-state index in [1.54, 1.807) is 0 Å². The van der Waals surface area contributed by atoms with Crippen LogP contribution in [0.15, 0.2) is 30.4 Å². The Kier molecular flexibility index (Phi) is 6.23. The quantitative estimate of drug-likeness (QED) is 0.759. The van der Waals surface area contributed by atoms with E-state index in [0.717, 1.165) is 41.2 Å². The number of hydrogen-bond donors (Lipinski definition) is 1. The van der Waals surface area contributed by atoms with Crippen molar-refractivity contribution in [2.45, 2.75) is 39.2 Å². The zero-order valence-electron chi connectivity index (χ0n) is 11.2. The molecule has 3 heteroatoms. The van der Waals surface area contributed by atoms with Gasteiger partial charge in [-0.2, -0.15) is 0 Å². The van der Waals surface area contributed by atoms with Crippen molar-refractivity contribution in [1.29, 1.82) is 0 Å². The highest BCUT2D eigenvalue weighted by Crippen LogP contribution is 2.28. The fraction of sp³-hybridized carbons (Fsp3) is 0.467. The summed E-state index contributed by atoms with van der Waals surface area (Å²) < 4.78 is 5.77. The van der Waals surface area contributed by atoms with E-state index in [2.05, 4.69) is 13.5 Å². The van der Waals surface area contributed by atoms with Crippen LogP contribution in [-0.4, -0.2) is 12.6 Å². The fourth-order valence-corrected chi connectivity index (χ4v) is 1.86. The van der Waals surface area contributed by atoms with Gasteiger partial charge >= 0.3 is 0 Å². The predicted octanol–water partition coefficient (Wildman–Crippen LogP) is 3.96. The largest absolute Gasteiger partial charge is 0.493 e. The van der Waals surface area contributed by atoms with Crippen LogP contribution in [0.1, 0.15) is 32.3 Å². The first kappa shape index (κ1) is 15.1. The minimum absolute atomic E-state index is 0.119. The van der Waals surface area contributed by atoms with Crippen LogP contribution in [0.2, 0.25) is 5.02 Å². The summed E-state index contributed by atoms with van der Waals surface area (Å²) in [5.41, 5.74) is 8.12. The summed E-state index contributed by atoms with van der Waals surface area (Å²) in [4.78, 5) is 0. The average molecular weight is 268 g/mol. The molecule has 0 spiro atoms. The van der Waals surface area contributed by atoms with Crippen LogP contribution in [0, 0.1) is 0 Å². The van der Waals surface area contributed by atoms with E-state index in [-0.39, 0.29) is 6.04 Å². The number of nitrogens with two attached hydrogens (primary N) is 1. The summed E-state index contributed by atoms with van der Waals surface area (Å²) in [7, 11) is 0. The van der Waals surface area contributed by atoms with Gasteiger partial charge in [0.05, 0.1) is 6.61 Å². The molecule has 0 aliphatic heterocycles. The average Bonchev–Trinajstić information content (AvgIpc) is 2.32. The monoisotopic (exact) mass is 267 g/mol. The summed E-state index contributed by atoms with van der Waals surface area (Å²) in [6.45, 7) is 8.56. The second-order valence-corrected chi connectivity index (χ2v) is 5.05. The third kappa shape index (κ3) is 4.71. The molecule has 0 bridgehead atoms. The van der Waals surface area contributed by atoms with Gasteiger partial charge in [-0.25, -0.2) is 0 Å². The van der Waals surface area contributed by atoms with Crippen molar-refractivity contribution in [3.05, 3.63) is 40.9 Å². The van der Waals surface area contributed by atoms with E-state index in [0.29, 0.717) is 6.61 Å². The molecule has 0 aliphatic carbocycles. The Bertz CT molecular complexity index is 403. The van der Waals surface area contributed by atoms with Crippen LogP contribution in [0.5, 0.6) is 5.75 Å². The fourth-order valence-electron chi connectivity index (χ4n) is 1.61. The molecule has 0 heterocycles. The molecule has 100 valence electrons. The van der Waals surface area contributed by atoms with Crippen molar-refractivity contribution in [3.8, 4) is 5.75 Å². The molecule has 0 aliphatic rings. The van der Waals surface area contributed by atoms with Crippen LogP contribution in [0.25, 0.3) is 0 Å². The van der Waals surface area contributed by atoms with Gasteiger partial charge in [-0.1, -0.05) is 30.2 Å². The van der Waals surface area contributed by atoms with Crippen molar-refractivity contribution in [2.75, 3.05) is 6.61 Å². The van der Waals surface area contributed by atoms with Crippen molar-refractivity contribution >= 4 is 11.6 Å². The Balaban J connectivity index is 2.76. The van der Waals surface area contributed by atoms with Crippen LogP contribution in [0.4, 0.5) is 0 Å². The molecule has 0 saturated carbocycles. The lowest BCUT2D eigenvalue weighted by Crippen LogP contribution is -2.22. The van der Waals surface area contributed by atoms with Gasteiger partial charge in [0.2, 0.25) is 0 Å². The van der Waals surface area contributed by atoms with Gasteiger partial charge in [-0.05, 0) is 31.9 Å². The zero-order valence-corrected chi connectivity index (χ0v) is 12.0. The highest BCUT2D eigenvalue weighted by molar-refractivity contribution is 6.31. The maximum atomic E-state index is 6.22. The number of hydrogen-bond acceptors (Lipinski definition) is 2. The van der Waals surface area contributed by atoms with Gasteiger partial charge in [0.25, 0.3) is 0 Å². The van der Waals surface area contributed by atoms with Crippen LogP contribution < -0.4 is 10.5 Å². The molecule has 0 amide bonds. The van der Waals surface area contributed by atoms with Crippen molar-refractivity contribution in [2.24, 2.45) is 5.73 Å². The summed E-state index contributed by atoms with van der Waals surface area (Å²) in [6.07, 6.45) is 2.53. The van der Waals surface area contributed by atoms with Gasteiger partial charge in [-0.3, -0.25) is 0 Å². The highest BCUT2D eigenvalue weighted by Gasteiger charge is 2.11. The summed E-state index contributed by atoms with van der Waals surface area (Å²) in [5, 5.41) is 0.728. The summed E-state index contributed by atoms with van der Waals surface area (Å²) in [6, 6.07) is 5.85. The first-order chi connectivity index (χ1) is 8.54. The first-order valence-corrected chi connectivity index (χ1v) is 6.72. The molecule has 1 aromatic carbocycles. The Morgan fingerprint density at radius 1 is 1.50 bits per heavy atom. The molecule has 2 nitrogen and oxygen atoms in total. The molecule has 0 saturated heterocycles. The van der Waals surface area contributed by atoms with Crippen molar-refractivity contribution in [3.63, 3.8) is 0 Å². The maximum Gasteiger partial charge on any atom is 0.124 e. The van der Waals surface area contributed by atoms with E-state index in [1.807, 2.05) is 25.1 Å². The van der Waals surface area contributed by atoms with Gasteiger partial charge in [0.1, 0.15) is 5.75 Å². The van der Waals surface area contributed by atoms with Crippen LogP contribution in [-0.2, 0) is 6.42 Å². The van der Waals surface area contributed by atoms with E-state index < -0.39 is 0 Å². The van der Waals surface area contributed by atoms with E-state index >= 15 is 0 Å². The third-order valence-electron chi connectivity index (χ3n) is 2.85. The predicted molar refractivity (Wildman–Crippen MR) is 78.3 cm³/mol. The molecular weight excluding hydrogens is 246 g/mol. The molecule has 1 aromatic rings. The SMILES string of the molecule is C=C(C)CCOc1cccc(Cl)c1CC(N)CC. The topological polar surface area (TPSA) is 35.2 Å². The van der Waals surface area contributed by atoms with Crippen molar-refractivity contribution < 1.29 is 4.74 Å². The van der Waals surface area contributed by atoms with Crippen LogP contribution in [0.3, 0.4) is 0 Å². The summed E-state index contributed by atoms with van der Waals surface area (Å²) >= 11 is 6.22. The second-order valence-electron chi connectivity index (χ2n) is 4.64. The Hall–Kier alpha value is -0.990. The standard InChI is InChI=1S/C15H22ClNO/c1-4-12(17)10-13-14(16)6-5-7-15(13)18-9-8-11(2)3/h5-7,12H,2,4,8-10,17H2,1,3H3. The minimum Gasteiger partial charge on any atom is -0.493 e. The molecule has 0 aromatic heterocycles. The normalized spacial score (nSPS) is 12.2. The maximum absolute atomic E-state index is 6.22. The Labute approximate surface area is 115 Å². The zero-order chi connectivity index (χ0) is 13.5. The third-order valence-corrected chi connectivity index (χ3v) is 3.21. The minimum atomic E-state index is 0.119. The van der Waals surface area contributed by atoms with Gasteiger partial charge in [0.15, 0.2) is 0 Å². The van der Waals surface area contributed by atoms with Crippen molar-refractivity contribution in [1.82, 2.24) is 0 Å². The van der Waals surface area contributed by atoms with E-state index in [9.17, 15) is 0 Å². The lowest BCUT2D eigenvalue weighted by molar-refractivity contribution is 0.317. The number of halogens is 1. The Morgan fingerprint density at radius 3 is 2.83 bits per heavy atom. The first-order valence-electron chi connectivity index (χ1n) is 6.34. The smallest absolute Gasteiger partial charge is 0.124 e. The number of benzene rings is 1. The number of ether oxygens (including phenoxy) is 1.